The fraction of sp³-hybridized carbons (Fsp3) is 0.733. The quantitative estimate of drug-likeness (QED) is 0.790. The van der Waals surface area contributed by atoms with Gasteiger partial charge in [0.25, 0.3) is 0 Å². The highest BCUT2D eigenvalue weighted by molar-refractivity contribution is 5.34. The summed E-state index contributed by atoms with van der Waals surface area (Å²) in [5.41, 5.74) is 11.0. The molecular formula is C15H24N2. The van der Waals surface area contributed by atoms with Crippen LogP contribution in [0.2, 0.25) is 0 Å². The summed E-state index contributed by atoms with van der Waals surface area (Å²) in [6, 6.07) is 2.63. The lowest BCUT2D eigenvalue weighted by molar-refractivity contribution is 0.310. The van der Waals surface area contributed by atoms with Gasteiger partial charge in [0.15, 0.2) is 0 Å². The predicted octanol–water partition coefficient (Wildman–Crippen LogP) is 3.42. The zero-order chi connectivity index (χ0) is 12.0. The number of nitrogens with two attached hydrogens (primary N) is 1. The van der Waals surface area contributed by atoms with Gasteiger partial charge in [0.05, 0.1) is 0 Å². The van der Waals surface area contributed by atoms with E-state index in [2.05, 4.69) is 24.5 Å². The number of aromatic nitrogens is 1. The van der Waals surface area contributed by atoms with Gasteiger partial charge in [-0.3, -0.25) is 0 Å². The van der Waals surface area contributed by atoms with E-state index in [9.17, 15) is 0 Å². The first-order valence-electron chi connectivity index (χ1n) is 7.09. The highest BCUT2D eigenvalue weighted by Crippen LogP contribution is 2.42. The van der Waals surface area contributed by atoms with Crippen LogP contribution in [0.1, 0.15) is 68.4 Å². The molecule has 0 amide bonds. The standard InChI is InChI=1S/C15H24N2/c1-11-10-12-13(16)6-5-7-14(12)17(11)15(2)8-3-4-9-15/h10,13H,3-9,16H2,1-2H3. The molecule has 1 atom stereocenters. The summed E-state index contributed by atoms with van der Waals surface area (Å²) in [6.45, 7) is 4.70. The van der Waals surface area contributed by atoms with Crippen LogP contribution in [0.5, 0.6) is 0 Å². The Morgan fingerprint density at radius 1 is 1.29 bits per heavy atom. The Balaban J connectivity index is 2.10. The fourth-order valence-corrected chi connectivity index (χ4v) is 4.05. The van der Waals surface area contributed by atoms with E-state index in [4.69, 9.17) is 5.73 Å². The Labute approximate surface area is 104 Å². The molecule has 1 fully saturated rings. The monoisotopic (exact) mass is 232 g/mol. The van der Waals surface area contributed by atoms with Crippen LogP contribution in [0.3, 0.4) is 0 Å². The van der Waals surface area contributed by atoms with Gasteiger partial charge in [-0.05, 0) is 57.6 Å². The average Bonchev–Trinajstić information content (AvgIpc) is 2.83. The number of fused-ring (bicyclic) bond motifs is 1. The van der Waals surface area contributed by atoms with Crippen molar-refractivity contribution in [3.05, 3.63) is 23.0 Å². The summed E-state index contributed by atoms with van der Waals surface area (Å²) >= 11 is 0. The van der Waals surface area contributed by atoms with E-state index in [1.807, 2.05) is 0 Å². The van der Waals surface area contributed by atoms with Gasteiger partial charge < -0.3 is 10.3 Å². The van der Waals surface area contributed by atoms with Crippen LogP contribution in [0, 0.1) is 6.92 Å². The second-order valence-corrected chi connectivity index (χ2v) is 6.23. The molecule has 17 heavy (non-hydrogen) atoms. The number of nitrogens with zero attached hydrogens (tertiary/aromatic N) is 1. The molecule has 1 heterocycles. The Morgan fingerprint density at radius 2 is 2.00 bits per heavy atom. The van der Waals surface area contributed by atoms with E-state index in [-0.39, 0.29) is 6.04 Å². The Kier molecular flexibility index (Phi) is 2.58. The second-order valence-electron chi connectivity index (χ2n) is 6.23. The Morgan fingerprint density at radius 3 is 2.71 bits per heavy atom. The van der Waals surface area contributed by atoms with Crippen molar-refractivity contribution < 1.29 is 0 Å². The Bertz CT molecular complexity index is 424. The van der Waals surface area contributed by atoms with Crippen molar-refractivity contribution in [2.45, 2.75) is 70.4 Å². The molecule has 1 aromatic rings. The van der Waals surface area contributed by atoms with Crippen molar-refractivity contribution in [1.29, 1.82) is 0 Å². The summed E-state index contributed by atoms with van der Waals surface area (Å²) < 4.78 is 2.63. The molecule has 2 nitrogen and oxygen atoms in total. The first kappa shape index (κ1) is 11.3. The minimum Gasteiger partial charge on any atom is -0.343 e. The molecule has 0 radical (unpaired) electrons. The van der Waals surface area contributed by atoms with Gasteiger partial charge in [-0.2, -0.15) is 0 Å². The minimum atomic E-state index is 0.281. The number of hydrogen-bond donors (Lipinski definition) is 1. The molecule has 94 valence electrons. The summed E-state index contributed by atoms with van der Waals surface area (Å²) in [7, 11) is 0. The zero-order valence-electron chi connectivity index (χ0n) is 11.1. The highest BCUT2D eigenvalue weighted by atomic mass is 15.1. The summed E-state index contributed by atoms with van der Waals surface area (Å²) in [4.78, 5) is 0. The fourth-order valence-electron chi connectivity index (χ4n) is 4.05. The van der Waals surface area contributed by atoms with Crippen molar-refractivity contribution in [2.75, 3.05) is 0 Å². The summed E-state index contributed by atoms with van der Waals surface area (Å²) in [5, 5.41) is 0. The van der Waals surface area contributed by atoms with Crippen LogP contribution >= 0.6 is 0 Å². The first-order chi connectivity index (χ1) is 8.12. The number of rotatable bonds is 1. The van der Waals surface area contributed by atoms with Gasteiger partial charge >= 0.3 is 0 Å². The lowest BCUT2D eigenvalue weighted by Crippen LogP contribution is -2.30. The van der Waals surface area contributed by atoms with Crippen molar-refractivity contribution in [1.82, 2.24) is 4.57 Å². The molecule has 1 unspecified atom stereocenters. The maximum absolute atomic E-state index is 6.26. The van der Waals surface area contributed by atoms with Crippen LogP contribution in [0.15, 0.2) is 6.07 Å². The van der Waals surface area contributed by atoms with Gasteiger partial charge in [-0.1, -0.05) is 12.8 Å². The number of aryl methyl sites for hydroxylation is 1. The molecular weight excluding hydrogens is 208 g/mol. The van der Waals surface area contributed by atoms with Crippen LogP contribution in [-0.4, -0.2) is 4.57 Å². The third-order valence-electron chi connectivity index (χ3n) is 4.87. The molecule has 2 aliphatic carbocycles. The molecule has 3 rings (SSSR count). The van der Waals surface area contributed by atoms with Gasteiger partial charge in [0, 0.05) is 23.0 Å². The smallest absolute Gasteiger partial charge is 0.0417 e. The lowest BCUT2D eigenvalue weighted by atomic mass is 9.92. The van der Waals surface area contributed by atoms with Gasteiger partial charge in [0.2, 0.25) is 0 Å². The largest absolute Gasteiger partial charge is 0.343 e. The summed E-state index contributed by atoms with van der Waals surface area (Å²) in [6.07, 6.45) is 9.09. The lowest BCUT2D eigenvalue weighted by Gasteiger charge is -2.32. The maximum atomic E-state index is 6.26. The minimum absolute atomic E-state index is 0.281. The van der Waals surface area contributed by atoms with Crippen molar-refractivity contribution in [3.8, 4) is 0 Å². The van der Waals surface area contributed by atoms with E-state index in [1.165, 1.54) is 49.8 Å². The van der Waals surface area contributed by atoms with Crippen LogP contribution in [0.4, 0.5) is 0 Å². The van der Waals surface area contributed by atoms with E-state index >= 15 is 0 Å². The molecule has 0 spiro atoms. The molecule has 2 heteroatoms. The van der Waals surface area contributed by atoms with Crippen molar-refractivity contribution >= 4 is 0 Å². The van der Waals surface area contributed by atoms with Crippen LogP contribution < -0.4 is 5.73 Å². The van der Waals surface area contributed by atoms with E-state index in [0.717, 1.165) is 6.42 Å². The highest BCUT2D eigenvalue weighted by Gasteiger charge is 2.35. The molecule has 0 bridgehead atoms. The molecule has 0 aliphatic heterocycles. The van der Waals surface area contributed by atoms with E-state index in [1.54, 1.807) is 5.69 Å². The van der Waals surface area contributed by atoms with Gasteiger partial charge in [0.1, 0.15) is 0 Å². The van der Waals surface area contributed by atoms with Gasteiger partial charge in [-0.25, -0.2) is 0 Å². The molecule has 0 saturated heterocycles. The molecule has 2 N–H and O–H groups in total. The van der Waals surface area contributed by atoms with E-state index in [0.29, 0.717) is 5.54 Å². The zero-order valence-corrected chi connectivity index (χ0v) is 11.1. The second kappa shape index (κ2) is 3.88. The third-order valence-corrected chi connectivity index (χ3v) is 4.87. The van der Waals surface area contributed by atoms with Crippen molar-refractivity contribution in [3.63, 3.8) is 0 Å². The van der Waals surface area contributed by atoms with Crippen LogP contribution in [-0.2, 0) is 12.0 Å². The SMILES string of the molecule is Cc1cc2c(n1C1(C)CCCC1)CCCC2N. The first-order valence-corrected chi connectivity index (χ1v) is 7.09. The molecule has 0 aromatic carbocycles. The molecule has 2 aliphatic rings. The van der Waals surface area contributed by atoms with Gasteiger partial charge in [-0.15, -0.1) is 0 Å². The normalized spacial score (nSPS) is 27.1. The third kappa shape index (κ3) is 1.65. The maximum Gasteiger partial charge on any atom is 0.0417 e. The molecule has 1 aromatic heterocycles. The predicted molar refractivity (Wildman–Crippen MR) is 71.2 cm³/mol. The average molecular weight is 232 g/mol. The van der Waals surface area contributed by atoms with Crippen LogP contribution in [0.25, 0.3) is 0 Å². The summed E-state index contributed by atoms with van der Waals surface area (Å²) in [5.74, 6) is 0. The van der Waals surface area contributed by atoms with Crippen molar-refractivity contribution in [2.24, 2.45) is 5.73 Å². The molecule has 1 saturated carbocycles. The van der Waals surface area contributed by atoms with E-state index < -0.39 is 0 Å². The topological polar surface area (TPSA) is 30.9 Å². The Hall–Kier alpha value is -0.760. The number of hydrogen-bond acceptors (Lipinski definition) is 1.